The summed E-state index contributed by atoms with van der Waals surface area (Å²) in [6.45, 7) is 4.19. The molecule has 10 heteroatoms. The Kier molecular flexibility index (Phi) is 7.10. The van der Waals surface area contributed by atoms with Crippen molar-refractivity contribution in [2.24, 2.45) is 0 Å². The maximum Gasteiger partial charge on any atom is 0.288 e. The average molecular weight is 435 g/mol. The number of benzene rings is 2. The van der Waals surface area contributed by atoms with E-state index < -0.39 is 10.8 Å². The molecule has 0 saturated carbocycles. The van der Waals surface area contributed by atoms with Crippen LogP contribution in [-0.4, -0.2) is 47.1 Å². The quantitative estimate of drug-likeness (QED) is 0.423. The first-order valence-electron chi connectivity index (χ1n) is 8.87. The van der Waals surface area contributed by atoms with Crippen molar-refractivity contribution in [3.8, 4) is 0 Å². The molecule has 152 valence electrons. The highest BCUT2D eigenvalue weighted by molar-refractivity contribution is 7.80. The number of halogens is 1. The molecule has 1 aliphatic rings. The van der Waals surface area contributed by atoms with Gasteiger partial charge in [0.15, 0.2) is 5.11 Å². The van der Waals surface area contributed by atoms with Crippen LogP contribution >= 0.6 is 23.8 Å². The van der Waals surface area contributed by atoms with Gasteiger partial charge in [0.05, 0.1) is 18.1 Å². The second-order valence-corrected chi connectivity index (χ2v) is 7.23. The molecule has 2 aromatic rings. The van der Waals surface area contributed by atoms with E-state index in [2.05, 4.69) is 15.5 Å². The summed E-state index contributed by atoms with van der Waals surface area (Å²) in [6, 6.07) is 11.5. The highest BCUT2D eigenvalue weighted by Gasteiger charge is 2.17. The first-order chi connectivity index (χ1) is 13.9. The van der Waals surface area contributed by atoms with Crippen molar-refractivity contribution in [2.75, 3.05) is 31.6 Å². The van der Waals surface area contributed by atoms with Crippen LogP contribution in [-0.2, 0) is 11.3 Å². The number of morpholine rings is 1. The maximum atomic E-state index is 12.3. The van der Waals surface area contributed by atoms with Crippen LogP contribution in [0.15, 0.2) is 42.5 Å². The Morgan fingerprint density at radius 1 is 1.21 bits per heavy atom. The van der Waals surface area contributed by atoms with Gasteiger partial charge >= 0.3 is 0 Å². The van der Waals surface area contributed by atoms with Crippen molar-refractivity contribution in [2.45, 2.75) is 6.54 Å². The molecule has 0 radical (unpaired) electrons. The molecule has 29 heavy (non-hydrogen) atoms. The van der Waals surface area contributed by atoms with Crippen molar-refractivity contribution in [3.63, 3.8) is 0 Å². The van der Waals surface area contributed by atoms with E-state index >= 15 is 0 Å². The summed E-state index contributed by atoms with van der Waals surface area (Å²) in [5.74, 6) is -0.564. The third-order valence-electron chi connectivity index (χ3n) is 4.35. The Morgan fingerprint density at radius 3 is 2.55 bits per heavy atom. The topological polar surface area (TPSA) is 96.7 Å². The largest absolute Gasteiger partial charge is 0.379 e. The molecule has 0 spiro atoms. The van der Waals surface area contributed by atoms with Crippen molar-refractivity contribution in [1.29, 1.82) is 0 Å². The number of hydrogen-bond acceptors (Lipinski definition) is 6. The highest BCUT2D eigenvalue weighted by atomic mass is 35.5. The third kappa shape index (κ3) is 5.94. The summed E-state index contributed by atoms with van der Waals surface area (Å²) in [5, 5.41) is 16.4. The smallest absolute Gasteiger partial charge is 0.288 e. The number of carbonyl (C=O) groups excluding carboxylic acids is 1. The molecule has 0 atom stereocenters. The zero-order chi connectivity index (χ0) is 20.8. The molecular weight excluding hydrogens is 416 g/mol. The molecule has 2 aromatic carbocycles. The summed E-state index contributed by atoms with van der Waals surface area (Å²) in [7, 11) is 0. The minimum absolute atomic E-state index is 0.0376. The van der Waals surface area contributed by atoms with Gasteiger partial charge in [0.1, 0.15) is 5.02 Å². The van der Waals surface area contributed by atoms with E-state index in [0.29, 0.717) is 0 Å². The van der Waals surface area contributed by atoms with Crippen LogP contribution in [0, 0.1) is 10.1 Å². The van der Waals surface area contributed by atoms with E-state index in [9.17, 15) is 14.9 Å². The summed E-state index contributed by atoms with van der Waals surface area (Å²) < 4.78 is 5.35. The number of anilines is 1. The molecule has 1 aliphatic heterocycles. The van der Waals surface area contributed by atoms with Gasteiger partial charge < -0.3 is 10.1 Å². The van der Waals surface area contributed by atoms with E-state index in [0.717, 1.165) is 44.6 Å². The van der Waals surface area contributed by atoms with Gasteiger partial charge in [-0.1, -0.05) is 23.7 Å². The van der Waals surface area contributed by atoms with E-state index in [4.69, 9.17) is 28.6 Å². The molecule has 2 N–H and O–H groups in total. The number of nitrogens with zero attached hydrogens (tertiary/aromatic N) is 2. The molecule has 0 bridgehead atoms. The predicted molar refractivity (Wildman–Crippen MR) is 114 cm³/mol. The third-order valence-corrected chi connectivity index (χ3v) is 4.88. The molecule has 8 nitrogen and oxygen atoms in total. The standard InChI is InChI=1S/C19H19ClN4O4S/c20-16-6-3-14(11-17(16)24(26)27)18(25)22-19(29)21-15-4-1-13(2-5-15)12-23-7-9-28-10-8-23/h1-6,11H,7-10,12H2,(H2,21,22,25,29). The van der Waals surface area contributed by atoms with E-state index in [1.54, 1.807) is 0 Å². The van der Waals surface area contributed by atoms with Gasteiger partial charge in [0, 0.05) is 37.0 Å². The number of carbonyl (C=O) groups is 1. The van der Waals surface area contributed by atoms with Crippen LogP contribution in [0.2, 0.25) is 5.02 Å². The Morgan fingerprint density at radius 2 is 1.90 bits per heavy atom. The molecule has 1 fully saturated rings. The van der Waals surface area contributed by atoms with Gasteiger partial charge in [-0.15, -0.1) is 0 Å². The van der Waals surface area contributed by atoms with E-state index in [1.165, 1.54) is 17.7 Å². The molecule has 1 saturated heterocycles. The molecule has 1 heterocycles. The Balaban J connectivity index is 1.55. The number of hydrogen-bond donors (Lipinski definition) is 2. The van der Waals surface area contributed by atoms with E-state index in [-0.39, 0.29) is 21.4 Å². The predicted octanol–water partition coefficient (Wildman–Crippen LogP) is 3.21. The summed E-state index contributed by atoms with van der Waals surface area (Å²) in [4.78, 5) is 24.9. The van der Waals surface area contributed by atoms with Gasteiger partial charge in [-0.3, -0.25) is 25.1 Å². The Bertz CT molecular complexity index is 917. The number of nitrogens with one attached hydrogen (secondary N) is 2. The van der Waals surface area contributed by atoms with Crippen molar-refractivity contribution in [1.82, 2.24) is 10.2 Å². The fraction of sp³-hybridized carbons (Fsp3) is 0.263. The number of ether oxygens (including phenoxy) is 1. The van der Waals surface area contributed by atoms with Crippen molar-refractivity contribution < 1.29 is 14.5 Å². The second kappa shape index (κ2) is 9.75. The van der Waals surface area contributed by atoms with Gasteiger partial charge in [0.25, 0.3) is 11.6 Å². The van der Waals surface area contributed by atoms with Crippen molar-refractivity contribution >= 4 is 46.2 Å². The normalized spacial score (nSPS) is 14.2. The van der Waals surface area contributed by atoms with Gasteiger partial charge in [-0.25, -0.2) is 0 Å². The van der Waals surface area contributed by atoms with E-state index in [1.807, 2.05) is 24.3 Å². The van der Waals surface area contributed by atoms with Crippen LogP contribution in [0.5, 0.6) is 0 Å². The van der Waals surface area contributed by atoms with Crippen LogP contribution in [0.25, 0.3) is 0 Å². The number of amides is 1. The molecule has 0 aromatic heterocycles. The Hall–Kier alpha value is -2.59. The number of nitro benzene ring substituents is 1. The van der Waals surface area contributed by atoms with Crippen LogP contribution in [0.1, 0.15) is 15.9 Å². The fourth-order valence-corrected chi connectivity index (χ4v) is 3.24. The average Bonchev–Trinajstić information content (AvgIpc) is 2.70. The zero-order valence-electron chi connectivity index (χ0n) is 15.4. The lowest BCUT2D eigenvalue weighted by atomic mass is 10.2. The molecular formula is C19H19ClN4O4S. The number of thiocarbonyl (C=S) groups is 1. The van der Waals surface area contributed by atoms with Gasteiger partial charge in [0.2, 0.25) is 0 Å². The molecule has 0 unspecified atom stereocenters. The first kappa shape index (κ1) is 21.1. The van der Waals surface area contributed by atoms with Gasteiger partial charge in [-0.05, 0) is 42.0 Å². The minimum Gasteiger partial charge on any atom is -0.379 e. The van der Waals surface area contributed by atoms with Crippen LogP contribution in [0.3, 0.4) is 0 Å². The van der Waals surface area contributed by atoms with Crippen LogP contribution < -0.4 is 10.6 Å². The lowest BCUT2D eigenvalue weighted by Gasteiger charge is -2.26. The number of nitro groups is 1. The fourth-order valence-electron chi connectivity index (χ4n) is 2.84. The summed E-state index contributed by atoms with van der Waals surface area (Å²) >= 11 is 10.9. The lowest BCUT2D eigenvalue weighted by molar-refractivity contribution is -0.384. The number of rotatable bonds is 5. The SMILES string of the molecule is O=C(NC(=S)Nc1ccc(CN2CCOCC2)cc1)c1ccc(Cl)c([N+](=O)[O-])c1. The lowest BCUT2D eigenvalue weighted by Crippen LogP contribution is -2.35. The summed E-state index contributed by atoms with van der Waals surface area (Å²) in [5.41, 5.74) is 1.64. The minimum atomic E-state index is -0.645. The second-order valence-electron chi connectivity index (χ2n) is 6.42. The zero-order valence-corrected chi connectivity index (χ0v) is 17.0. The summed E-state index contributed by atoms with van der Waals surface area (Å²) in [6.07, 6.45) is 0. The maximum absolute atomic E-state index is 12.3. The monoisotopic (exact) mass is 434 g/mol. The Labute approximate surface area is 177 Å². The first-order valence-corrected chi connectivity index (χ1v) is 9.66. The molecule has 0 aliphatic carbocycles. The van der Waals surface area contributed by atoms with Gasteiger partial charge in [-0.2, -0.15) is 0 Å². The highest BCUT2D eigenvalue weighted by Crippen LogP contribution is 2.25. The molecule has 3 rings (SSSR count). The van der Waals surface area contributed by atoms with Crippen molar-refractivity contribution in [3.05, 3.63) is 68.7 Å². The van der Waals surface area contributed by atoms with Crippen LogP contribution in [0.4, 0.5) is 11.4 Å². The molecule has 1 amide bonds.